The fourth-order valence-electron chi connectivity index (χ4n) is 4.59. The monoisotopic (exact) mass is 456 g/mol. The van der Waals surface area contributed by atoms with Crippen molar-refractivity contribution in [3.8, 4) is 11.4 Å². The van der Waals surface area contributed by atoms with Gasteiger partial charge in [0.15, 0.2) is 5.78 Å². The molecule has 2 aromatic carbocycles. The van der Waals surface area contributed by atoms with Gasteiger partial charge in [-0.25, -0.2) is 4.68 Å². The average molecular weight is 457 g/mol. The van der Waals surface area contributed by atoms with E-state index in [1.54, 1.807) is 4.68 Å². The molecule has 0 saturated carbocycles. The van der Waals surface area contributed by atoms with Gasteiger partial charge in [0.2, 0.25) is 0 Å². The Bertz CT molecular complexity index is 1390. The Hall–Kier alpha value is -3.64. The highest BCUT2D eigenvalue weighted by atomic mass is 16.1. The molecule has 4 aromatic rings. The minimum absolute atomic E-state index is 0.0472. The van der Waals surface area contributed by atoms with E-state index in [1.807, 2.05) is 85.4 Å². The summed E-state index contributed by atoms with van der Waals surface area (Å²) in [6.07, 6.45) is 0. The van der Waals surface area contributed by atoms with E-state index in [0.717, 1.165) is 22.8 Å². The molecule has 0 bridgehead atoms. The Morgan fingerprint density at radius 1 is 0.912 bits per heavy atom. The Labute approximate surface area is 200 Å². The van der Waals surface area contributed by atoms with Gasteiger partial charge >= 0.3 is 0 Å². The molecule has 0 aliphatic carbocycles. The SMILES string of the molecule is Cc1ccc(CN(C)CC(=O)c2cc(C)n(-c3c(C)n(C)n(-c4ccccc4)c3=O)c2C)cc1. The zero-order valence-corrected chi connectivity index (χ0v) is 20.8. The molecule has 0 unspecified atom stereocenters. The Kier molecular flexibility index (Phi) is 6.44. The van der Waals surface area contributed by atoms with Crippen molar-refractivity contribution in [2.24, 2.45) is 7.05 Å². The average Bonchev–Trinajstić information content (AvgIpc) is 3.21. The van der Waals surface area contributed by atoms with Crippen LogP contribution in [0.3, 0.4) is 0 Å². The second kappa shape index (κ2) is 9.31. The number of rotatable bonds is 7. The van der Waals surface area contributed by atoms with E-state index in [0.29, 0.717) is 24.3 Å². The van der Waals surface area contributed by atoms with Gasteiger partial charge in [0.1, 0.15) is 5.69 Å². The van der Waals surface area contributed by atoms with Gasteiger partial charge in [-0.1, -0.05) is 48.0 Å². The quantitative estimate of drug-likeness (QED) is 0.385. The van der Waals surface area contributed by atoms with Crippen LogP contribution < -0.4 is 5.56 Å². The highest BCUT2D eigenvalue weighted by molar-refractivity contribution is 5.99. The van der Waals surface area contributed by atoms with Gasteiger partial charge in [-0.3, -0.25) is 19.2 Å². The van der Waals surface area contributed by atoms with Crippen LogP contribution >= 0.6 is 0 Å². The van der Waals surface area contributed by atoms with E-state index in [-0.39, 0.29) is 11.3 Å². The summed E-state index contributed by atoms with van der Waals surface area (Å²) in [5, 5.41) is 0. The fourth-order valence-corrected chi connectivity index (χ4v) is 4.59. The second-order valence-electron chi connectivity index (χ2n) is 9.11. The van der Waals surface area contributed by atoms with E-state index in [2.05, 4.69) is 31.2 Å². The predicted octanol–water partition coefficient (Wildman–Crippen LogP) is 4.52. The number of benzene rings is 2. The first-order chi connectivity index (χ1) is 16.2. The molecule has 34 heavy (non-hydrogen) atoms. The summed E-state index contributed by atoms with van der Waals surface area (Å²) in [6.45, 7) is 8.86. The number of carbonyl (C=O) groups excluding carboxylic acids is 1. The Morgan fingerprint density at radius 2 is 1.56 bits per heavy atom. The maximum absolute atomic E-state index is 13.5. The van der Waals surface area contributed by atoms with Crippen LogP contribution in [-0.2, 0) is 13.6 Å². The summed E-state index contributed by atoms with van der Waals surface area (Å²) in [4.78, 5) is 28.8. The summed E-state index contributed by atoms with van der Waals surface area (Å²) in [5.41, 5.74) is 6.82. The first-order valence-electron chi connectivity index (χ1n) is 11.5. The summed E-state index contributed by atoms with van der Waals surface area (Å²) in [7, 11) is 3.84. The lowest BCUT2D eigenvalue weighted by molar-refractivity contribution is 0.0942. The number of likely N-dealkylation sites (N-methyl/N-ethyl adjacent to an activating group) is 1. The fraction of sp³-hybridized carbons (Fsp3) is 0.286. The molecule has 0 saturated heterocycles. The van der Waals surface area contributed by atoms with E-state index >= 15 is 0 Å². The van der Waals surface area contributed by atoms with E-state index in [4.69, 9.17) is 0 Å². The maximum Gasteiger partial charge on any atom is 0.295 e. The summed E-state index contributed by atoms with van der Waals surface area (Å²) in [6, 6.07) is 19.9. The molecule has 0 amide bonds. The molecule has 4 rings (SSSR count). The lowest BCUT2D eigenvalue weighted by Gasteiger charge is -2.16. The Balaban J connectivity index is 1.65. The predicted molar refractivity (Wildman–Crippen MR) is 136 cm³/mol. The molecule has 6 nitrogen and oxygen atoms in total. The molecule has 2 aromatic heterocycles. The van der Waals surface area contributed by atoms with Gasteiger partial charge in [-0.15, -0.1) is 0 Å². The molecule has 0 spiro atoms. The minimum atomic E-state index is -0.108. The molecule has 0 N–H and O–H groups in total. The van der Waals surface area contributed by atoms with Crippen molar-refractivity contribution in [3.05, 3.63) is 105 Å². The van der Waals surface area contributed by atoms with Gasteiger partial charge in [0, 0.05) is 30.5 Å². The normalized spacial score (nSPS) is 11.4. The van der Waals surface area contributed by atoms with Crippen molar-refractivity contribution in [2.45, 2.75) is 34.2 Å². The molecular weight excluding hydrogens is 424 g/mol. The minimum Gasteiger partial charge on any atom is -0.311 e. The first-order valence-corrected chi connectivity index (χ1v) is 11.5. The van der Waals surface area contributed by atoms with Gasteiger partial charge < -0.3 is 4.57 Å². The van der Waals surface area contributed by atoms with Crippen molar-refractivity contribution >= 4 is 5.78 Å². The number of Topliss-reactive ketones (excluding diaryl/α,β-unsaturated/α-hetero) is 1. The summed E-state index contributed by atoms with van der Waals surface area (Å²) in [5.74, 6) is 0.0472. The van der Waals surface area contributed by atoms with Crippen LogP contribution in [-0.4, -0.2) is 38.2 Å². The van der Waals surface area contributed by atoms with E-state index in [9.17, 15) is 9.59 Å². The number of carbonyl (C=O) groups is 1. The van der Waals surface area contributed by atoms with Gasteiger partial charge in [-0.05, 0) is 58.5 Å². The highest BCUT2D eigenvalue weighted by Gasteiger charge is 2.24. The van der Waals surface area contributed by atoms with E-state index in [1.165, 1.54) is 11.1 Å². The zero-order valence-electron chi connectivity index (χ0n) is 20.8. The third-order valence-corrected chi connectivity index (χ3v) is 6.47. The summed E-state index contributed by atoms with van der Waals surface area (Å²) >= 11 is 0. The van der Waals surface area contributed by atoms with Crippen LogP contribution in [0.4, 0.5) is 0 Å². The number of aromatic nitrogens is 3. The highest BCUT2D eigenvalue weighted by Crippen LogP contribution is 2.23. The largest absolute Gasteiger partial charge is 0.311 e. The smallest absolute Gasteiger partial charge is 0.295 e. The molecule has 0 aliphatic heterocycles. The van der Waals surface area contributed by atoms with Crippen LogP contribution in [0.2, 0.25) is 0 Å². The van der Waals surface area contributed by atoms with E-state index < -0.39 is 0 Å². The van der Waals surface area contributed by atoms with Crippen molar-refractivity contribution in [1.29, 1.82) is 0 Å². The Morgan fingerprint density at radius 3 is 2.21 bits per heavy atom. The number of ketones is 1. The standard InChI is InChI=1S/C28H32N4O2/c1-19-12-14-23(15-13-19)17-29(5)18-26(33)25-16-20(2)31(21(25)3)27-22(4)30(6)32(28(27)34)24-10-8-7-9-11-24/h7-16H,17-18H2,1-6H3. The van der Waals surface area contributed by atoms with Crippen LogP contribution in [0.15, 0.2) is 65.5 Å². The van der Waals surface area contributed by atoms with Gasteiger partial charge in [-0.2, -0.15) is 0 Å². The maximum atomic E-state index is 13.5. The molecule has 0 aliphatic rings. The van der Waals surface area contributed by atoms with Crippen molar-refractivity contribution in [1.82, 2.24) is 18.8 Å². The third kappa shape index (κ3) is 4.29. The molecule has 0 fully saturated rings. The van der Waals surface area contributed by atoms with Crippen molar-refractivity contribution in [2.75, 3.05) is 13.6 Å². The van der Waals surface area contributed by atoms with Crippen molar-refractivity contribution in [3.63, 3.8) is 0 Å². The topological polar surface area (TPSA) is 52.2 Å². The zero-order chi connectivity index (χ0) is 24.6. The summed E-state index contributed by atoms with van der Waals surface area (Å²) < 4.78 is 5.45. The third-order valence-electron chi connectivity index (χ3n) is 6.47. The molecule has 2 heterocycles. The van der Waals surface area contributed by atoms with Crippen molar-refractivity contribution < 1.29 is 4.79 Å². The second-order valence-corrected chi connectivity index (χ2v) is 9.11. The number of hydrogen-bond donors (Lipinski definition) is 0. The molecule has 0 atom stereocenters. The lowest BCUT2D eigenvalue weighted by atomic mass is 10.1. The van der Waals surface area contributed by atoms with Gasteiger partial charge in [0.05, 0.1) is 17.9 Å². The van der Waals surface area contributed by atoms with Crippen LogP contribution in [0.1, 0.15) is 38.6 Å². The van der Waals surface area contributed by atoms with Crippen LogP contribution in [0.25, 0.3) is 11.4 Å². The van der Waals surface area contributed by atoms with Crippen LogP contribution in [0.5, 0.6) is 0 Å². The van der Waals surface area contributed by atoms with Crippen LogP contribution in [0, 0.1) is 27.7 Å². The lowest BCUT2D eigenvalue weighted by Crippen LogP contribution is -2.26. The molecular formula is C28H32N4O2. The number of para-hydroxylation sites is 1. The number of aryl methyl sites for hydroxylation is 2. The molecule has 6 heteroatoms. The molecule has 0 radical (unpaired) electrons. The number of hydrogen-bond acceptors (Lipinski definition) is 3. The van der Waals surface area contributed by atoms with Gasteiger partial charge in [0.25, 0.3) is 5.56 Å². The molecule has 176 valence electrons. The first kappa shape index (κ1) is 23.5. The number of nitrogens with zero attached hydrogens (tertiary/aromatic N) is 4.